The number of benzene rings is 1. The fourth-order valence-electron chi connectivity index (χ4n) is 2.75. The molecular weight excluding hydrogens is 416 g/mol. The minimum absolute atomic E-state index is 0.148. The van der Waals surface area contributed by atoms with Crippen molar-refractivity contribution in [2.75, 3.05) is 5.32 Å². The van der Waals surface area contributed by atoms with Crippen LogP contribution in [0.25, 0.3) is 5.69 Å². The number of rotatable bonds is 6. The van der Waals surface area contributed by atoms with Gasteiger partial charge >= 0.3 is 5.82 Å². The summed E-state index contributed by atoms with van der Waals surface area (Å²) < 4.78 is 3.15. The predicted molar refractivity (Wildman–Crippen MR) is 101 cm³/mol. The summed E-state index contributed by atoms with van der Waals surface area (Å²) in [6.45, 7) is -0.148. The molecule has 1 aliphatic rings. The van der Waals surface area contributed by atoms with Crippen LogP contribution in [0.3, 0.4) is 0 Å². The molecule has 9 nitrogen and oxygen atoms in total. The zero-order chi connectivity index (χ0) is 19.0. The SMILES string of the molecule is O=C(Cn1cc(Br)c([N+](=O)[O-])n1)Nc1cc(C2CC2)nn1-c1ccccc1. The van der Waals surface area contributed by atoms with Crippen molar-refractivity contribution in [1.82, 2.24) is 19.6 Å². The van der Waals surface area contributed by atoms with E-state index in [0.29, 0.717) is 11.7 Å². The standard InChI is InChI=1S/C17H15BrN6O3/c18-13-9-22(21-17(13)24(26)27)10-16(25)19-15-8-14(11-6-7-11)20-23(15)12-4-2-1-3-5-12/h1-5,8-9,11H,6-7,10H2,(H,19,25). The molecule has 1 fully saturated rings. The van der Waals surface area contributed by atoms with Crippen molar-refractivity contribution in [1.29, 1.82) is 0 Å². The number of hydrogen-bond donors (Lipinski definition) is 1. The van der Waals surface area contributed by atoms with Gasteiger partial charge in [0.2, 0.25) is 5.91 Å². The molecule has 4 rings (SSSR count). The highest BCUT2D eigenvalue weighted by atomic mass is 79.9. The van der Waals surface area contributed by atoms with Gasteiger partial charge in [0.05, 0.1) is 22.7 Å². The molecule has 0 unspecified atom stereocenters. The van der Waals surface area contributed by atoms with Crippen LogP contribution < -0.4 is 5.32 Å². The normalized spacial score (nSPS) is 13.5. The first-order valence-corrected chi connectivity index (χ1v) is 9.13. The van der Waals surface area contributed by atoms with Crippen molar-refractivity contribution in [2.45, 2.75) is 25.3 Å². The second-order valence-electron chi connectivity index (χ2n) is 6.28. The zero-order valence-electron chi connectivity index (χ0n) is 14.1. The molecule has 0 aliphatic heterocycles. The predicted octanol–water partition coefficient (Wildman–Crippen LogP) is 3.26. The van der Waals surface area contributed by atoms with Gasteiger partial charge in [-0.25, -0.2) is 4.68 Å². The molecule has 0 spiro atoms. The number of carbonyl (C=O) groups excluding carboxylic acids is 1. The van der Waals surface area contributed by atoms with E-state index in [0.717, 1.165) is 24.2 Å². The maximum atomic E-state index is 12.5. The van der Waals surface area contributed by atoms with Gasteiger partial charge in [-0.05, 0) is 45.8 Å². The van der Waals surface area contributed by atoms with E-state index in [1.807, 2.05) is 36.4 Å². The summed E-state index contributed by atoms with van der Waals surface area (Å²) in [5.41, 5.74) is 1.80. The highest BCUT2D eigenvalue weighted by Crippen LogP contribution is 2.40. The Morgan fingerprint density at radius 1 is 1.30 bits per heavy atom. The summed E-state index contributed by atoms with van der Waals surface area (Å²) in [6.07, 6.45) is 3.61. The van der Waals surface area contributed by atoms with Gasteiger partial charge in [-0.2, -0.15) is 9.78 Å². The van der Waals surface area contributed by atoms with E-state index in [9.17, 15) is 14.9 Å². The smallest absolute Gasteiger partial charge is 0.358 e. The minimum Gasteiger partial charge on any atom is -0.358 e. The molecule has 0 atom stereocenters. The number of hydrogen-bond acceptors (Lipinski definition) is 5. The lowest BCUT2D eigenvalue weighted by Gasteiger charge is -2.08. The van der Waals surface area contributed by atoms with Crippen LogP contribution in [0, 0.1) is 10.1 Å². The third-order valence-corrected chi connectivity index (χ3v) is 4.73. The Kier molecular flexibility index (Phi) is 4.48. The van der Waals surface area contributed by atoms with Gasteiger partial charge in [-0.15, -0.1) is 0 Å². The second kappa shape index (κ2) is 6.95. The molecule has 0 bridgehead atoms. The largest absolute Gasteiger partial charge is 0.404 e. The van der Waals surface area contributed by atoms with Gasteiger partial charge in [-0.1, -0.05) is 18.2 Å². The molecule has 0 radical (unpaired) electrons. The first-order chi connectivity index (χ1) is 13.0. The fraction of sp³-hybridized carbons (Fsp3) is 0.235. The van der Waals surface area contributed by atoms with Crippen molar-refractivity contribution >= 4 is 33.5 Å². The van der Waals surface area contributed by atoms with E-state index in [1.165, 1.54) is 10.9 Å². The molecule has 3 aromatic rings. The Balaban J connectivity index is 1.55. The average Bonchev–Trinajstić information content (AvgIpc) is 3.31. The minimum atomic E-state index is -0.606. The number of nitrogens with one attached hydrogen (secondary N) is 1. The molecule has 10 heteroatoms. The fourth-order valence-corrected chi connectivity index (χ4v) is 3.21. The zero-order valence-corrected chi connectivity index (χ0v) is 15.7. The van der Waals surface area contributed by atoms with Crippen molar-refractivity contribution in [2.24, 2.45) is 0 Å². The highest BCUT2D eigenvalue weighted by molar-refractivity contribution is 9.10. The number of aromatic nitrogens is 4. The average molecular weight is 431 g/mol. The summed E-state index contributed by atoms with van der Waals surface area (Å²) in [5.74, 6) is 0.330. The Morgan fingerprint density at radius 2 is 2.04 bits per heavy atom. The van der Waals surface area contributed by atoms with Crippen LogP contribution in [-0.4, -0.2) is 30.4 Å². The van der Waals surface area contributed by atoms with Gasteiger partial charge in [0, 0.05) is 12.0 Å². The molecule has 1 aromatic carbocycles. The number of nitro groups is 1. The van der Waals surface area contributed by atoms with Crippen LogP contribution in [0.4, 0.5) is 11.6 Å². The van der Waals surface area contributed by atoms with E-state index >= 15 is 0 Å². The van der Waals surface area contributed by atoms with E-state index in [4.69, 9.17) is 0 Å². The third kappa shape index (κ3) is 3.75. The molecular formula is C17H15BrN6O3. The molecule has 0 saturated heterocycles. The third-order valence-electron chi connectivity index (χ3n) is 4.17. The summed E-state index contributed by atoms with van der Waals surface area (Å²) in [4.78, 5) is 22.7. The highest BCUT2D eigenvalue weighted by Gasteiger charge is 2.28. The summed E-state index contributed by atoms with van der Waals surface area (Å²) in [7, 11) is 0. The van der Waals surface area contributed by atoms with Gasteiger partial charge in [-0.3, -0.25) is 4.79 Å². The summed E-state index contributed by atoms with van der Waals surface area (Å²) >= 11 is 3.07. The summed E-state index contributed by atoms with van der Waals surface area (Å²) in [5, 5.41) is 22.1. The van der Waals surface area contributed by atoms with Crippen molar-refractivity contribution < 1.29 is 9.72 Å². The molecule has 1 saturated carbocycles. The Labute approximate surface area is 162 Å². The molecule has 138 valence electrons. The maximum Gasteiger partial charge on any atom is 0.404 e. The van der Waals surface area contributed by atoms with E-state index in [2.05, 4.69) is 31.4 Å². The molecule has 27 heavy (non-hydrogen) atoms. The molecule has 1 amide bonds. The van der Waals surface area contributed by atoms with Crippen LogP contribution in [-0.2, 0) is 11.3 Å². The van der Waals surface area contributed by atoms with E-state index in [-0.39, 0.29) is 22.7 Å². The molecule has 1 aliphatic carbocycles. The van der Waals surface area contributed by atoms with Gasteiger partial charge in [0.1, 0.15) is 16.8 Å². The first-order valence-electron chi connectivity index (χ1n) is 8.34. The monoisotopic (exact) mass is 430 g/mol. The van der Waals surface area contributed by atoms with Gasteiger partial charge < -0.3 is 15.4 Å². The lowest BCUT2D eigenvalue weighted by atomic mass is 10.3. The Hall–Kier alpha value is -3.01. The topological polar surface area (TPSA) is 108 Å². The lowest BCUT2D eigenvalue weighted by Crippen LogP contribution is -2.21. The van der Waals surface area contributed by atoms with Crippen LogP contribution in [0.5, 0.6) is 0 Å². The number of amides is 1. The molecule has 2 heterocycles. The molecule has 2 aromatic heterocycles. The number of halogens is 1. The van der Waals surface area contributed by atoms with Crippen LogP contribution in [0.1, 0.15) is 24.5 Å². The number of para-hydroxylation sites is 1. The van der Waals surface area contributed by atoms with Crippen molar-refractivity contribution in [3.8, 4) is 5.69 Å². The number of carbonyl (C=O) groups is 1. The number of nitrogens with zero attached hydrogens (tertiary/aromatic N) is 5. The quantitative estimate of drug-likeness (QED) is 0.476. The van der Waals surface area contributed by atoms with Crippen molar-refractivity contribution in [3.63, 3.8) is 0 Å². The van der Waals surface area contributed by atoms with E-state index < -0.39 is 4.92 Å². The Morgan fingerprint density at radius 3 is 2.67 bits per heavy atom. The lowest BCUT2D eigenvalue weighted by molar-refractivity contribution is -0.390. The van der Waals surface area contributed by atoms with Crippen molar-refractivity contribution in [3.05, 3.63) is 62.9 Å². The second-order valence-corrected chi connectivity index (χ2v) is 7.13. The van der Waals surface area contributed by atoms with E-state index in [1.54, 1.807) is 4.68 Å². The summed E-state index contributed by atoms with van der Waals surface area (Å²) in [6, 6.07) is 11.4. The number of anilines is 1. The maximum absolute atomic E-state index is 12.5. The van der Waals surface area contributed by atoms with Gasteiger partial charge in [0.25, 0.3) is 0 Å². The first kappa shape index (κ1) is 17.4. The van der Waals surface area contributed by atoms with Crippen LogP contribution in [0.2, 0.25) is 0 Å². The molecule has 1 N–H and O–H groups in total. The Bertz CT molecular complexity index is 1010. The van der Waals surface area contributed by atoms with Crippen LogP contribution >= 0.6 is 15.9 Å². The van der Waals surface area contributed by atoms with Gasteiger partial charge in [0.15, 0.2) is 0 Å². The van der Waals surface area contributed by atoms with Crippen LogP contribution in [0.15, 0.2) is 47.1 Å².